The lowest BCUT2D eigenvalue weighted by molar-refractivity contribution is -0.140. The molecule has 0 saturated carbocycles. The Labute approximate surface area is 279 Å². The molecule has 10 heteroatoms. The summed E-state index contributed by atoms with van der Waals surface area (Å²) in [4.78, 5) is 29.8. The van der Waals surface area contributed by atoms with Crippen LogP contribution >= 0.6 is 27.5 Å². The molecular formula is C35H37BrClN3O4S. The van der Waals surface area contributed by atoms with Crippen LogP contribution in [0.5, 0.6) is 0 Å². The first-order valence-corrected chi connectivity index (χ1v) is 17.2. The molecule has 0 bridgehead atoms. The van der Waals surface area contributed by atoms with Crippen molar-refractivity contribution in [3.05, 3.63) is 129 Å². The molecule has 0 heterocycles. The third kappa shape index (κ3) is 8.96. The minimum Gasteiger partial charge on any atom is -0.352 e. The van der Waals surface area contributed by atoms with E-state index >= 15 is 0 Å². The van der Waals surface area contributed by atoms with Crippen molar-refractivity contribution in [3.63, 3.8) is 0 Å². The molecular weight excluding hydrogens is 674 g/mol. The fraction of sp³-hybridized carbons (Fsp3) is 0.257. The van der Waals surface area contributed by atoms with Crippen molar-refractivity contribution in [2.75, 3.05) is 10.8 Å². The number of aryl methyl sites for hydroxylation is 2. The maximum Gasteiger partial charge on any atom is 0.264 e. The summed E-state index contributed by atoms with van der Waals surface area (Å²) < 4.78 is 30.3. The van der Waals surface area contributed by atoms with Crippen molar-refractivity contribution in [1.82, 2.24) is 10.2 Å². The lowest BCUT2D eigenvalue weighted by Crippen LogP contribution is -2.54. The molecule has 0 saturated heterocycles. The average molecular weight is 711 g/mol. The fourth-order valence-electron chi connectivity index (χ4n) is 4.82. The summed E-state index contributed by atoms with van der Waals surface area (Å²) in [6, 6.07) is 27.2. The van der Waals surface area contributed by atoms with Gasteiger partial charge in [-0.15, -0.1) is 0 Å². The van der Waals surface area contributed by atoms with E-state index in [0.717, 1.165) is 31.0 Å². The third-order valence-corrected chi connectivity index (χ3v) is 10.0. The Morgan fingerprint density at radius 2 is 1.51 bits per heavy atom. The van der Waals surface area contributed by atoms with Crippen molar-refractivity contribution in [2.45, 2.75) is 57.6 Å². The molecule has 0 unspecified atom stereocenters. The van der Waals surface area contributed by atoms with Gasteiger partial charge in [-0.3, -0.25) is 13.9 Å². The number of carbonyl (C=O) groups excluding carboxylic acids is 2. The summed E-state index contributed by atoms with van der Waals surface area (Å²) in [5.74, 6) is -0.865. The van der Waals surface area contributed by atoms with Gasteiger partial charge in [0.25, 0.3) is 10.0 Å². The number of sulfonamides is 1. The van der Waals surface area contributed by atoms with E-state index < -0.39 is 28.5 Å². The zero-order valence-corrected chi connectivity index (χ0v) is 28.9. The first-order chi connectivity index (χ1) is 21.3. The maximum absolute atomic E-state index is 14.5. The van der Waals surface area contributed by atoms with Crippen LogP contribution in [0.25, 0.3) is 0 Å². The van der Waals surface area contributed by atoms with Crippen LogP contribution in [-0.4, -0.2) is 43.8 Å². The van der Waals surface area contributed by atoms with Crippen LogP contribution < -0.4 is 9.62 Å². The number of carbonyl (C=O) groups is 2. The van der Waals surface area contributed by atoms with E-state index in [1.54, 1.807) is 30.3 Å². The highest BCUT2D eigenvalue weighted by Gasteiger charge is 2.35. The zero-order valence-electron chi connectivity index (χ0n) is 25.7. The number of rotatable bonds is 12. The van der Waals surface area contributed by atoms with Gasteiger partial charge in [-0.05, 0) is 80.8 Å². The van der Waals surface area contributed by atoms with Crippen LogP contribution in [0, 0.1) is 13.8 Å². The summed E-state index contributed by atoms with van der Waals surface area (Å²) in [7, 11) is -4.21. The van der Waals surface area contributed by atoms with Gasteiger partial charge in [0.05, 0.1) is 10.6 Å². The molecule has 0 aromatic heterocycles. The normalized spacial score (nSPS) is 12.1. The topological polar surface area (TPSA) is 86.8 Å². The van der Waals surface area contributed by atoms with Gasteiger partial charge in [0.1, 0.15) is 12.6 Å². The van der Waals surface area contributed by atoms with E-state index in [0.29, 0.717) is 5.02 Å². The summed E-state index contributed by atoms with van der Waals surface area (Å²) in [6.07, 6.45) is 0.239. The molecule has 0 aliphatic carbocycles. The largest absolute Gasteiger partial charge is 0.352 e. The van der Waals surface area contributed by atoms with E-state index in [9.17, 15) is 18.0 Å². The molecule has 2 amide bonds. The molecule has 1 atom stereocenters. The Kier molecular flexibility index (Phi) is 11.5. The maximum atomic E-state index is 14.5. The second kappa shape index (κ2) is 15.1. The van der Waals surface area contributed by atoms with Gasteiger partial charge in [0.15, 0.2) is 0 Å². The molecule has 0 radical (unpaired) electrons. The fourth-order valence-corrected chi connectivity index (χ4v) is 6.67. The smallest absolute Gasteiger partial charge is 0.264 e. The summed E-state index contributed by atoms with van der Waals surface area (Å²) in [5.41, 5.74) is 3.56. The van der Waals surface area contributed by atoms with E-state index in [-0.39, 0.29) is 35.5 Å². The molecule has 4 aromatic carbocycles. The van der Waals surface area contributed by atoms with Crippen molar-refractivity contribution < 1.29 is 18.0 Å². The Morgan fingerprint density at radius 3 is 2.11 bits per heavy atom. The lowest BCUT2D eigenvalue weighted by Gasteiger charge is -2.34. The minimum atomic E-state index is -4.21. The van der Waals surface area contributed by atoms with Gasteiger partial charge < -0.3 is 10.2 Å². The van der Waals surface area contributed by atoms with E-state index in [4.69, 9.17) is 11.6 Å². The quantitative estimate of drug-likeness (QED) is 0.170. The zero-order chi connectivity index (χ0) is 32.7. The third-order valence-electron chi connectivity index (χ3n) is 7.30. The average Bonchev–Trinajstić information content (AvgIpc) is 3.00. The van der Waals surface area contributed by atoms with Gasteiger partial charge in [-0.1, -0.05) is 93.8 Å². The molecule has 4 aromatic rings. The minimum absolute atomic E-state index is 0.0374. The van der Waals surface area contributed by atoms with E-state index in [2.05, 4.69) is 21.2 Å². The van der Waals surface area contributed by atoms with Crippen molar-refractivity contribution in [2.24, 2.45) is 0 Å². The molecule has 0 aliphatic rings. The summed E-state index contributed by atoms with van der Waals surface area (Å²) in [5, 5.41) is 3.33. The van der Waals surface area contributed by atoms with Crippen molar-refractivity contribution in [3.8, 4) is 0 Å². The van der Waals surface area contributed by atoms with E-state index in [1.807, 2.05) is 82.3 Å². The Bertz CT molecular complexity index is 1730. The van der Waals surface area contributed by atoms with Crippen LogP contribution in [0.2, 0.25) is 5.02 Å². The number of nitrogens with zero attached hydrogens (tertiary/aromatic N) is 2. The SMILES string of the molecule is Cc1ccc(S(=O)(=O)N(CC(=O)N(Cc2ccc(Br)cc2)[C@@H](Cc2ccccc2)C(=O)NC(C)C)c2ccc(C)c(Cl)c2)cc1. The molecule has 0 aliphatic heterocycles. The summed E-state index contributed by atoms with van der Waals surface area (Å²) in [6.45, 7) is 6.93. The Morgan fingerprint density at radius 1 is 0.867 bits per heavy atom. The molecule has 0 fully saturated rings. The molecule has 0 spiro atoms. The van der Waals surface area contributed by atoms with Gasteiger partial charge in [0, 0.05) is 28.5 Å². The highest BCUT2D eigenvalue weighted by atomic mass is 79.9. The molecule has 7 nitrogen and oxygen atoms in total. The summed E-state index contributed by atoms with van der Waals surface area (Å²) >= 11 is 9.90. The number of halogens is 2. The van der Waals surface area contributed by atoms with Gasteiger partial charge in [-0.2, -0.15) is 0 Å². The van der Waals surface area contributed by atoms with Crippen LogP contribution in [0.15, 0.2) is 106 Å². The Hall–Kier alpha value is -3.66. The van der Waals surface area contributed by atoms with Crippen LogP contribution in [-0.2, 0) is 32.6 Å². The molecule has 45 heavy (non-hydrogen) atoms. The number of amides is 2. The number of benzene rings is 4. The Balaban J connectivity index is 1.82. The van der Waals surface area contributed by atoms with Crippen molar-refractivity contribution in [1.29, 1.82) is 0 Å². The highest BCUT2D eigenvalue weighted by molar-refractivity contribution is 9.10. The van der Waals surface area contributed by atoms with Gasteiger partial charge >= 0.3 is 0 Å². The predicted molar refractivity (Wildman–Crippen MR) is 184 cm³/mol. The van der Waals surface area contributed by atoms with Crippen molar-refractivity contribution >= 4 is 55.1 Å². The van der Waals surface area contributed by atoms with Crippen LogP contribution in [0.1, 0.15) is 36.1 Å². The van der Waals surface area contributed by atoms with Gasteiger partial charge in [-0.25, -0.2) is 8.42 Å². The van der Waals surface area contributed by atoms with Crippen LogP contribution in [0.3, 0.4) is 0 Å². The first-order valence-electron chi connectivity index (χ1n) is 14.6. The predicted octanol–water partition coefficient (Wildman–Crippen LogP) is 7.08. The van der Waals surface area contributed by atoms with Gasteiger partial charge in [0.2, 0.25) is 11.8 Å². The van der Waals surface area contributed by atoms with E-state index in [1.165, 1.54) is 17.0 Å². The molecule has 4 rings (SSSR count). The lowest BCUT2D eigenvalue weighted by atomic mass is 10.0. The second-order valence-electron chi connectivity index (χ2n) is 11.3. The highest BCUT2D eigenvalue weighted by Crippen LogP contribution is 2.29. The van der Waals surface area contributed by atoms with Crippen LogP contribution in [0.4, 0.5) is 5.69 Å². The number of nitrogens with one attached hydrogen (secondary N) is 1. The number of hydrogen-bond donors (Lipinski definition) is 1. The monoisotopic (exact) mass is 709 g/mol. The number of anilines is 1. The molecule has 1 N–H and O–H groups in total. The first kappa shape index (κ1) is 34.2. The standard InChI is InChI=1S/C35H37BrClN3O4S/c1-24(2)38-35(42)33(20-27-8-6-5-7-9-27)39(22-28-13-15-29(36)16-14-28)34(41)23-40(30-17-12-26(4)32(37)21-30)45(43,44)31-18-10-25(3)11-19-31/h5-19,21,24,33H,20,22-23H2,1-4H3,(H,38,42)/t33-/m0/s1. The number of hydrogen-bond acceptors (Lipinski definition) is 4. The molecule has 236 valence electrons. The second-order valence-corrected chi connectivity index (χ2v) is 14.5.